The van der Waals surface area contributed by atoms with Gasteiger partial charge in [-0.05, 0) is 33.6 Å². The Hall–Kier alpha value is -2.07. The third kappa shape index (κ3) is 3.39. The molecule has 7 heteroatoms. The quantitative estimate of drug-likeness (QED) is 0.922. The predicted octanol–water partition coefficient (Wildman–Crippen LogP) is 1.99. The summed E-state index contributed by atoms with van der Waals surface area (Å²) < 4.78 is 6.86. The number of rotatable bonds is 3. The topological polar surface area (TPSA) is 91.4 Å². The van der Waals surface area contributed by atoms with Gasteiger partial charge >= 0.3 is 6.09 Å². The predicted molar refractivity (Wildman–Crippen MR) is 79.0 cm³/mol. The van der Waals surface area contributed by atoms with E-state index in [4.69, 9.17) is 4.74 Å². The SMILES string of the molecule is CC(C)OC(=O)N1CCC(n2ncc(C(C)O)c2C#N)CC1. The van der Waals surface area contributed by atoms with Crippen LogP contribution in [0.25, 0.3) is 0 Å². The van der Waals surface area contributed by atoms with Crippen LogP contribution in [0.3, 0.4) is 0 Å². The number of nitriles is 1. The van der Waals surface area contributed by atoms with Crippen LogP contribution in [-0.4, -0.2) is 45.1 Å². The molecule has 1 unspecified atom stereocenters. The lowest BCUT2D eigenvalue weighted by Gasteiger charge is -2.32. The summed E-state index contributed by atoms with van der Waals surface area (Å²) in [5, 5.41) is 23.2. The molecule has 1 aromatic rings. The van der Waals surface area contributed by atoms with E-state index in [1.807, 2.05) is 13.8 Å². The van der Waals surface area contributed by atoms with Gasteiger partial charge in [-0.2, -0.15) is 10.4 Å². The number of aliphatic hydroxyl groups is 1. The average molecular weight is 306 g/mol. The summed E-state index contributed by atoms with van der Waals surface area (Å²) in [6.07, 6.45) is 1.83. The van der Waals surface area contributed by atoms with Crippen molar-refractivity contribution in [3.63, 3.8) is 0 Å². The molecule has 1 N–H and O–H groups in total. The smallest absolute Gasteiger partial charge is 0.410 e. The number of aliphatic hydroxyl groups excluding tert-OH is 1. The molecule has 7 nitrogen and oxygen atoms in total. The Balaban J connectivity index is 2.03. The van der Waals surface area contributed by atoms with Gasteiger partial charge in [0.1, 0.15) is 11.8 Å². The molecule has 1 saturated heterocycles. The van der Waals surface area contributed by atoms with Crippen molar-refractivity contribution in [3.8, 4) is 6.07 Å². The van der Waals surface area contributed by atoms with Crippen LogP contribution in [0.4, 0.5) is 4.79 Å². The van der Waals surface area contributed by atoms with E-state index in [-0.39, 0.29) is 18.2 Å². The molecule has 1 fully saturated rings. The molecule has 2 heterocycles. The first-order valence-corrected chi connectivity index (χ1v) is 7.55. The molecule has 120 valence electrons. The molecule has 1 aliphatic heterocycles. The standard InChI is InChI=1S/C15H22N4O3/c1-10(2)22-15(21)18-6-4-12(5-7-18)19-14(8-16)13(9-17-19)11(3)20/h9-12,20H,4-7H2,1-3H3. The van der Waals surface area contributed by atoms with E-state index in [9.17, 15) is 15.2 Å². The van der Waals surface area contributed by atoms with Crippen molar-refractivity contribution < 1.29 is 14.6 Å². The summed E-state index contributed by atoms with van der Waals surface area (Å²) in [5.41, 5.74) is 0.947. The molecular formula is C15H22N4O3. The van der Waals surface area contributed by atoms with Gasteiger partial charge in [0.05, 0.1) is 24.4 Å². The number of ether oxygens (including phenoxy) is 1. The molecular weight excluding hydrogens is 284 g/mol. The van der Waals surface area contributed by atoms with Crippen molar-refractivity contribution in [2.75, 3.05) is 13.1 Å². The Morgan fingerprint density at radius 2 is 2.09 bits per heavy atom. The van der Waals surface area contributed by atoms with Crippen LogP contribution in [0.2, 0.25) is 0 Å². The van der Waals surface area contributed by atoms with E-state index in [1.54, 1.807) is 22.7 Å². The Bertz CT molecular complexity index is 566. The summed E-state index contributed by atoms with van der Waals surface area (Å²) >= 11 is 0. The first-order chi connectivity index (χ1) is 10.4. The van der Waals surface area contributed by atoms with Gasteiger partial charge in [-0.1, -0.05) is 0 Å². The van der Waals surface area contributed by atoms with Gasteiger partial charge in [0.15, 0.2) is 0 Å². The fourth-order valence-electron chi connectivity index (χ4n) is 2.64. The highest BCUT2D eigenvalue weighted by atomic mass is 16.6. The van der Waals surface area contributed by atoms with E-state index >= 15 is 0 Å². The van der Waals surface area contributed by atoms with Crippen LogP contribution in [0.5, 0.6) is 0 Å². The van der Waals surface area contributed by atoms with Gasteiger partial charge in [0.25, 0.3) is 0 Å². The van der Waals surface area contributed by atoms with Crippen LogP contribution in [0.15, 0.2) is 6.20 Å². The summed E-state index contributed by atoms with van der Waals surface area (Å²) in [4.78, 5) is 13.5. The van der Waals surface area contributed by atoms with Crippen LogP contribution in [0.1, 0.15) is 57.0 Å². The molecule has 0 bridgehead atoms. The summed E-state index contributed by atoms with van der Waals surface area (Å²) in [6.45, 7) is 6.42. The second-order valence-electron chi connectivity index (χ2n) is 5.83. The Kier molecular flexibility index (Phi) is 5.03. The number of piperidine rings is 1. The third-order valence-electron chi connectivity index (χ3n) is 3.78. The van der Waals surface area contributed by atoms with E-state index in [2.05, 4.69) is 11.2 Å². The Labute approximate surface area is 130 Å². The zero-order valence-corrected chi connectivity index (χ0v) is 13.2. The minimum atomic E-state index is -0.718. The molecule has 1 aliphatic rings. The van der Waals surface area contributed by atoms with E-state index in [0.717, 1.165) is 0 Å². The molecule has 0 aliphatic carbocycles. The number of hydrogen-bond donors (Lipinski definition) is 1. The lowest BCUT2D eigenvalue weighted by Crippen LogP contribution is -2.40. The van der Waals surface area contributed by atoms with Gasteiger partial charge in [-0.25, -0.2) is 4.79 Å². The zero-order valence-electron chi connectivity index (χ0n) is 13.2. The van der Waals surface area contributed by atoms with Crippen molar-refractivity contribution in [2.24, 2.45) is 0 Å². The van der Waals surface area contributed by atoms with Crippen molar-refractivity contribution in [1.29, 1.82) is 5.26 Å². The highest BCUT2D eigenvalue weighted by Crippen LogP contribution is 2.27. The molecule has 22 heavy (non-hydrogen) atoms. The summed E-state index contributed by atoms with van der Waals surface area (Å²) in [7, 11) is 0. The summed E-state index contributed by atoms with van der Waals surface area (Å²) in [5.74, 6) is 0. The van der Waals surface area contributed by atoms with Crippen LogP contribution >= 0.6 is 0 Å². The summed E-state index contributed by atoms with van der Waals surface area (Å²) in [6, 6.07) is 2.18. The maximum atomic E-state index is 11.9. The Morgan fingerprint density at radius 1 is 1.45 bits per heavy atom. The number of carbonyl (C=O) groups excluding carboxylic acids is 1. The molecule has 0 saturated carbocycles. The fourth-order valence-corrected chi connectivity index (χ4v) is 2.64. The fraction of sp³-hybridized carbons (Fsp3) is 0.667. The molecule has 1 amide bonds. The second-order valence-corrected chi connectivity index (χ2v) is 5.83. The van der Waals surface area contributed by atoms with Crippen molar-refractivity contribution in [2.45, 2.75) is 51.9 Å². The molecule has 2 rings (SSSR count). The number of hydrogen-bond acceptors (Lipinski definition) is 5. The third-order valence-corrected chi connectivity index (χ3v) is 3.78. The van der Waals surface area contributed by atoms with Crippen LogP contribution < -0.4 is 0 Å². The number of likely N-dealkylation sites (tertiary alicyclic amines) is 1. The molecule has 1 aromatic heterocycles. The first kappa shape index (κ1) is 16.3. The zero-order chi connectivity index (χ0) is 16.3. The minimum absolute atomic E-state index is 0.0604. The highest BCUT2D eigenvalue weighted by molar-refractivity contribution is 5.67. The average Bonchev–Trinajstić information content (AvgIpc) is 2.90. The van der Waals surface area contributed by atoms with Gasteiger partial charge in [-0.3, -0.25) is 4.68 Å². The van der Waals surface area contributed by atoms with Crippen molar-refractivity contribution in [1.82, 2.24) is 14.7 Å². The molecule has 0 radical (unpaired) electrons. The monoisotopic (exact) mass is 306 g/mol. The number of amides is 1. The lowest BCUT2D eigenvalue weighted by molar-refractivity contribution is 0.0652. The van der Waals surface area contributed by atoms with Gasteiger partial charge in [0.2, 0.25) is 0 Å². The number of nitrogens with zero attached hydrogens (tertiary/aromatic N) is 4. The maximum Gasteiger partial charge on any atom is 0.410 e. The normalized spacial score (nSPS) is 17.4. The number of carbonyl (C=O) groups is 1. The number of aromatic nitrogens is 2. The Morgan fingerprint density at radius 3 is 2.59 bits per heavy atom. The van der Waals surface area contributed by atoms with E-state index < -0.39 is 6.10 Å². The molecule has 1 atom stereocenters. The van der Waals surface area contributed by atoms with E-state index in [1.165, 1.54) is 0 Å². The van der Waals surface area contributed by atoms with Crippen LogP contribution in [0, 0.1) is 11.3 Å². The first-order valence-electron chi connectivity index (χ1n) is 7.55. The van der Waals surface area contributed by atoms with Gasteiger partial charge in [-0.15, -0.1) is 0 Å². The largest absolute Gasteiger partial charge is 0.447 e. The highest BCUT2D eigenvalue weighted by Gasteiger charge is 2.28. The van der Waals surface area contributed by atoms with Crippen molar-refractivity contribution in [3.05, 3.63) is 17.5 Å². The maximum absolute atomic E-state index is 11.9. The van der Waals surface area contributed by atoms with Gasteiger partial charge in [0, 0.05) is 18.7 Å². The molecule has 0 spiro atoms. The van der Waals surface area contributed by atoms with Crippen molar-refractivity contribution >= 4 is 6.09 Å². The second kappa shape index (κ2) is 6.79. The lowest BCUT2D eigenvalue weighted by atomic mass is 10.0. The minimum Gasteiger partial charge on any atom is -0.447 e. The van der Waals surface area contributed by atoms with Gasteiger partial charge < -0.3 is 14.7 Å². The van der Waals surface area contributed by atoms with E-state index in [0.29, 0.717) is 37.2 Å². The molecule has 0 aromatic carbocycles. The van der Waals surface area contributed by atoms with Crippen LogP contribution in [-0.2, 0) is 4.74 Å².